The first-order valence-corrected chi connectivity index (χ1v) is 8.70. The number of hydrogen-bond acceptors (Lipinski definition) is 4. The fourth-order valence-electron chi connectivity index (χ4n) is 2.12. The molecule has 2 N–H and O–H groups in total. The van der Waals surface area contributed by atoms with E-state index in [1.807, 2.05) is 24.3 Å². The van der Waals surface area contributed by atoms with Gasteiger partial charge < -0.3 is 10.1 Å². The molecular weight excluding hydrogens is 316 g/mol. The molecule has 23 heavy (non-hydrogen) atoms. The molecule has 0 fully saturated rings. The van der Waals surface area contributed by atoms with E-state index in [2.05, 4.69) is 10.0 Å². The zero-order valence-electron chi connectivity index (χ0n) is 13.1. The fraction of sp³-hybridized carbons (Fsp3) is 0.312. The molecule has 0 heterocycles. The summed E-state index contributed by atoms with van der Waals surface area (Å²) in [6.45, 7) is 2.20. The molecule has 2 rings (SSSR count). The predicted molar refractivity (Wildman–Crippen MR) is 88.6 cm³/mol. The van der Waals surface area contributed by atoms with Gasteiger partial charge in [0.2, 0.25) is 15.9 Å². The summed E-state index contributed by atoms with van der Waals surface area (Å²) in [6, 6.07) is 11.5. The van der Waals surface area contributed by atoms with Crippen molar-refractivity contribution in [2.75, 3.05) is 20.3 Å². The van der Waals surface area contributed by atoms with Gasteiger partial charge in [0.25, 0.3) is 0 Å². The van der Waals surface area contributed by atoms with E-state index in [9.17, 15) is 13.2 Å². The first-order valence-electron chi connectivity index (χ1n) is 7.22. The second-order valence-electron chi connectivity index (χ2n) is 5.14. The summed E-state index contributed by atoms with van der Waals surface area (Å²) in [5.74, 6) is -0.397. The van der Waals surface area contributed by atoms with Crippen molar-refractivity contribution >= 4 is 26.7 Å². The number of ether oxygens (including phenoxy) is 1. The van der Waals surface area contributed by atoms with Crippen LogP contribution in [-0.2, 0) is 19.6 Å². The molecule has 6 nitrogen and oxygen atoms in total. The van der Waals surface area contributed by atoms with E-state index in [1.54, 1.807) is 12.1 Å². The third-order valence-corrected chi connectivity index (χ3v) is 4.90. The van der Waals surface area contributed by atoms with Crippen molar-refractivity contribution in [3.05, 3.63) is 42.5 Å². The molecule has 0 saturated heterocycles. The Morgan fingerprint density at radius 1 is 1.17 bits per heavy atom. The van der Waals surface area contributed by atoms with Gasteiger partial charge in [0.05, 0.1) is 17.5 Å². The predicted octanol–water partition coefficient (Wildman–Crippen LogP) is 1.27. The van der Waals surface area contributed by atoms with Gasteiger partial charge in [-0.05, 0) is 29.8 Å². The van der Waals surface area contributed by atoms with Gasteiger partial charge in [-0.15, -0.1) is 0 Å². The quantitative estimate of drug-likeness (QED) is 0.746. The number of amides is 1. The number of benzene rings is 2. The van der Waals surface area contributed by atoms with Crippen molar-refractivity contribution in [2.24, 2.45) is 0 Å². The maximum absolute atomic E-state index is 12.4. The maximum atomic E-state index is 12.4. The summed E-state index contributed by atoms with van der Waals surface area (Å²) in [4.78, 5) is 12.0. The van der Waals surface area contributed by atoms with E-state index >= 15 is 0 Å². The molecule has 124 valence electrons. The number of methoxy groups -OCH3 is 1. The van der Waals surface area contributed by atoms with Gasteiger partial charge in [0, 0.05) is 13.7 Å². The van der Waals surface area contributed by atoms with E-state index < -0.39 is 22.0 Å². The summed E-state index contributed by atoms with van der Waals surface area (Å²) in [6.07, 6.45) is 0. The number of sulfonamides is 1. The average Bonchev–Trinajstić information content (AvgIpc) is 2.54. The smallest absolute Gasteiger partial charge is 0.241 e. The van der Waals surface area contributed by atoms with Crippen LogP contribution in [0.4, 0.5) is 0 Å². The summed E-state index contributed by atoms with van der Waals surface area (Å²) >= 11 is 0. The summed E-state index contributed by atoms with van der Waals surface area (Å²) < 4.78 is 32.0. The molecule has 0 aromatic heterocycles. The third-order valence-electron chi connectivity index (χ3n) is 3.36. The minimum absolute atomic E-state index is 0.132. The van der Waals surface area contributed by atoms with Crippen LogP contribution in [0.25, 0.3) is 10.8 Å². The first kappa shape index (κ1) is 17.4. The fourth-order valence-corrected chi connectivity index (χ4v) is 3.36. The molecule has 0 unspecified atom stereocenters. The van der Waals surface area contributed by atoms with Crippen LogP contribution in [0, 0.1) is 0 Å². The van der Waals surface area contributed by atoms with E-state index in [0.717, 1.165) is 10.8 Å². The van der Waals surface area contributed by atoms with Gasteiger partial charge in [-0.2, -0.15) is 4.72 Å². The number of carbonyl (C=O) groups excluding carboxylic acids is 1. The molecule has 0 aliphatic heterocycles. The van der Waals surface area contributed by atoms with Crippen LogP contribution in [0.1, 0.15) is 6.92 Å². The molecule has 0 aliphatic carbocycles. The normalized spacial score (nSPS) is 13.0. The molecule has 0 aliphatic rings. The highest BCUT2D eigenvalue weighted by atomic mass is 32.2. The highest BCUT2D eigenvalue weighted by molar-refractivity contribution is 7.89. The molecule has 1 amide bonds. The van der Waals surface area contributed by atoms with Crippen molar-refractivity contribution in [1.29, 1.82) is 0 Å². The number of carbonyl (C=O) groups is 1. The van der Waals surface area contributed by atoms with Gasteiger partial charge in [-0.25, -0.2) is 8.42 Å². The lowest BCUT2D eigenvalue weighted by Crippen LogP contribution is -2.45. The number of fused-ring (bicyclic) bond motifs is 1. The SMILES string of the molecule is COCCNC(=O)[C@@H](C)NS(=O)(=O)c1ccc2ccccc2c1. The number of rotatable bonds is 7. The Morgan fingerprint density at radius 3 is 2.57 bits per heavy atom. The molecule has 0 saturated carbocycles. The Kier molecular flexibility index (Phi) is 5.70. The topological polar surface area (TPSA) is 84.5 Å². The Bertz CT molecular complexity index is 790. The maximum Gasteiger partial charge on any atom is 0.241 e. The van der Waals surface area contributed by atoms with E-state index in [0.29, 0.717) is 13.2 Å². The Hall–Kier alpha value is -1.96. The summed E-state index contributed by atoms with van der Waals surface area (Å²) in [5.41, 5.74) is 0. The molecule has 1 atom stereocenters. The molecule has 2 aromatic rings. The minimum atomic E-state index is -3.77. The van der Waals surface area contributed by atoms with Crippen LogP contribution in [0.2, 0.25) is 0 Å². The van der Waals surface area contributed by atoms with Crippen molar-refractivity contribution in [1.82, 2.24) is 10.0 Å². The number of nitrogens with one attached hydrogen (secondary N) is 2. The highest BCUT2D eigenvalue weighted by Gasteiger charge is 2.21. The lowest BCUT2D eigenvalue weighted by molar-refractivity contribution is -0.122. The molecule has 0 spiro atoms. The van der Waals surface area contributed by atoms with Crippen LogP contribution in [0.15, 0.2) is 47.4 Å². The van der Waals surface area contributed by atoms with Gasteiger partial charge >= 0.3 is 0 Å². The summed E-state index contributed by atoms with van der Waals surface area (Å²) in [7, 11) is -2.24. The molecule has 0 bridgehead atoms. The van der Waals surface area contributed by atoms with Crippen LogP contribution in [0.3, 0.4) is 0 Å². The molecular formula is C16H20N2O4S. The molecule has 0 radical (unpaired) electrons. The van der Waals surface area contributed by atoms with Crippen molar-refractivity contribution in [3.8, 4) is 0 Å². The Balaban J connectivity index is 2.12. The second kappa shape index (κ2) is 7.54. The molecule has 7 heteroatoms. The standard InChI is InChI=1S/C16H20N2O4S/c1-12(16(19)17-9-10-22-2)18-23(20,21)15-8-7-13-5-3-4-6-14(13)11-15/h3-8,11-12,18H,9-10H2,1-2H3,(H,17,19)/t12-/m1/s1. The number of hydrogen-bond donors (Lipinski definition) is 2. The van der Waals surface area contributed by atoms with Gasteiger partial charge in [-0.3, -0.25) is 4.79 Å². The lowest BCUT2D eigenvalue weighted by Gasteiger charge is -2.14. The Morgan fingerprint density at radius 2 is 1.87 bits per heavy atom. The summed E-state index contributed by atoms with van der Waals surface area (Å²) in [5, 5.41) is 4.38. The zero-order valence-corrected chi connectivity index (χ0v) is 13.9. The molecule has 2 aromatic carbocycles. The minimum Gasteiger partial charge on any atom is -0.383 e. The van der Waals surface area contributed by atoms with Gasteiger partial charge in [0.1, 0.15) is 0 Å². The Labute approximate surface area is 135 Å². The van der Waals surface area contributed by atoms with E-state index in [-0.39, 0.29) is 4.90 Å². The lowest BCUT2D eigenvalue weighted by atomic mass is 10.1. The van der Waals surface area contributed by atoms with Crippen LogP contribution in [-0.4, -0.2) is 40.6 Å². The third kappa shape index (κ3) is 4.51. The average molecular weight is 336 g/mol. The highest BCUT2D eigenvalue weighted by Crippen LogP contribution is 2.19. The second-order valence-corrected chi connectivity index (χ2v) is 6.85. The van der Waals surface area contributed by atoms with Gasteiger partial charge in [-0.1, -0.05) is 30.3 Å². The van der Waals surface area contributed by atoms with E-state index in [1.165, 1.54) is 20.1 Å². The monoisotopic (exact) mass is 336 g/mol. The van der Waals surface area contributed by atoms with Crippen LogP contribution >= 0.6 is 0 Å². The zero-order chi connectivity index (χ0) is 16.9. The van der Waals surface area contributed by atoms with E-state index in [4.69, 9.17) is 4.74 Å². The van der Waals surface area contributed by atoms with Crippen molar-refractivity contribution < 1.29 is 17.9 Å². The van der Waals surface area contributed by atoms with Crippen molar-refractivity contribution in [2.45, 2.75) is 17.9 Å². The van der Waals surface area contributed by atoms with Gasteiger partial charge in [0.15, 0.2) is 0 Å². The van der Waals surface area contributed by atoms with Crippen LogP contribution in [0.5, 0.6) is 0 Å². The largest absolute Gasteiger partial charge is 0.383 e. The van der Waals surface area contributed by atoms with Crippen LogP contribution < -0.4 is 10.0 Å². The first-order chi connectivity index (χ1) is 10.9. The van der Waals surface area contributed by atoms with Crippen molar-refractivity contribution in [3.63, 3.8) is 0 Å².